The third-order valence-corrected chi connectivity index (χ3v) is 4.83. The molecule has 0 aliphatic heterocycles. The number of hydrogen-bond acceptors (Lipinski definition) is 6. The number of aromatic nitrogens is 2. The summed E-state index contributed by atoms with van der Waals surface area (Å²) < 4.78 is 13.4. The van der Waals surface area contributed by atoms with Gasteiger partial charge >= 0.3 is 0 Å². The number of hydrogen-bond donors (Lipinski definition) is 2. The molecule has 0 unspecified atom stereocenters. The summed E-state index contributed by atoms with van der Waals surface area (Å²) in [5.41, 5.74) is 0.826. The summed E-state index contributed by atoms with van der Waals surface area (Å²) in [7, 11) is 0. The fourth-order valence-electron chi connectivity index (χ4n) is 1.71. The highest BCUT2D eigenvalue weighted by Gasteiger charge is 2.10. The van der Waals surface area contributed by atoms with Crippen LogP contribution in [-0.4, -0.2) is 27.8 Å². The number of thioether (sulfide) groups is 1. The molecule has 6 nitrogen and oxygen atoms in total. The van der Waals surface area contributed by atoms with Gasteiger partial charge in [-0.1, -0.05) is 42.2 Å². The van der Waals surface area contributed by atoms with Gasteiger partial charge in [-0.05, 0) is 24.1 Å². The predicted octanol–water partition coefficient (Wildman–Crippen LogP) is 2.82. The molecule has 0 bridgehead atoms. The van der Waals surface area contributed by atoms with E-state index in [4.69, 9.17) is 0 Å². The zero-order valence-electron chi connectivity index (χ0n) is 13.0. The molecule has 1 aromatic carbocycles. The normalized spacial score (nSPS) is 10.4. The van der Waals surface area contributed by atoms with Crippen molar-refractivity contribution in [3.05, 3.63) is 35.6 Å². The Balaban J connectivity index is 1.72. The standard InChI is InChI=1S/C15H17FN4O2S2/c1-2-3-12(21)18-14-19-20-15(24-14)23-9-13(22)17-8-10-4-6-11(16)7-5-10/h4-7H,2-3,8-9H2,1H3,(H,17,22)(H,18,19,21). The van der Waals surface area contributed by atoms with Crippen LogP contribution in [0, 0.1) is 5.82 Å². The van der Waals surface area contributed by atoms with Gasteiger partial charge in [-0.15, -0.1) is 10.2 Å². The SMILES string of the molecule is CCCC(=O)Nc1nnc(SCC(=O)NCc2ccc(F)cc2)s1. The van der Waals surface area contributed by atoms with Gasteiger partial charge in [0.1, 0.15) is 5.82 Å². The van der Waals surface area contributed by atoms with Crippen molar-refractivity contribution in [1.82, 2.24) is 15.5 Å². The lowest BCUT2D eigenvalue weighted by atomic mass is 10.2. The Morgan fingerprint density at radius 1 is 1.21 bits per heavy atom. The molecule has 2 amide bonds. The van der Waals surface area contributed by atoms with Crippen LogP contribution in [0.4, 0.5) is 9.52 Å². The molecule has 0 aliphatic carbocycles. The summed E-state index contributed by atoms with van der Waals surface area (Å²) in [5, 5.41) is 13.6. The van der Waals surface area contributed by atoms with Crippen molar-refractivity contribution < 1.29 is 14.0 Å². The third-order valence-electron chi connectivity index (χ3n) is 2.86. The summed E-state index contributed by atoms with van der Waals surface area (Å²) in [6, 6.07) is 5.95. The van der Waals surface area contributed by atoms with E-state index in [0.717, 1.165) is 12.0 Å². The number of carbonyl (C=O) groups excluding carboxylic acids is 2. The molecule has 1 heterocycles. The van der Waals surface area contributed by atoms with Crippen molar-refractivity contribution in [3.8, 4) is 0 Å². The summed E-state index contributed by atoms with van der Waals surface area (Å²) in [6.07, 6.45) is 1.20. The van der Waals surface area contributed by atoms with Gasteiger partial charge in [0.25, 0.3) is 0 Å². The molecule has 0 aliphatic rings. The maximum atomic E-state index is 12.8. The van der Waals surface area contributed by atoms with E-state index in [-0.39, 0.29) is 23.4 Å². The minimum atomic E-state index is -0.307. The Bertz CT molecular complexity index is 691. The molecule has 1 aromatic heterocycles. The molecular formula is C15H17FN4O2S2. The number of nitrogens with zero attached hydrogens (tertiary/aromatic N) is 2. The number of nitrogens with one attached hydrogen (secondary N) is 2. The second-order valence-electron chi connectivity index (χ2n) is 4.86. The van der Waals surface area contributed by atoms with Gasteiger partial charge in [-0.25, -0.2) is 4.39 Å². The first kappa shape index (κ1) is 18.3. The number of benzene rings is 1. The summed E-state index contributed by atoms with van der Waals surface area (Å²) in [4.78, 5) is 23.3. The van der Waals surface area contributed by atoms with Crippen molar-refractivity contribution in [1.29, 1.82) is 0 Å². The minimum absolute atomic E-state index is 0.0951. The molecule has 0 spiro atoms. The number of amides is 2. The highest BCUT2D eigenvalue weighted by molar-refractivity contribution is 8.01. The summed E-state index contributed by atoms with van der Waals surface area (Å²) in [6.45, 7) is 2.26. The van der Waals surface area contributed by atoms with Crippen LogP contribution in [-0.2, 0) is 16.1 Å². The van der Waals surface area contributed by atoms with Crippen molar-refractivity contribution in [2.45, 2.75) is 30.6 Å². The maximum Gasteiger partial charge on any atom is 0.230 e. The Morgan fingerprint density at radius 3 is 2.67 bits per heavy atom. The van der Waals surface area contributed by atoms with Crippen LogP contribution >= 0.6 is 23.1 Å². The molecule has 0 radical (unpaired) electrons. The van der Waals surface area contributed by atoms with Crippen LogP contribution in [0.2, 0.25) is 0 Å². The van der Waals surface area contributed by atoms with Gasteiger partial charge in [0, 0.05) is 13.0 Å². The van der Waals surface area contributed by atoms with Crippen LogP contribution in [0.1, 0.15) is 25.3 Å². The second-order valence-corrected chi connectivity index (χ2v) is 7.06. The Morgan fingerprint density at radius 2 is 1.96 bits per heavy atom. The molecule has 2 N–H and O–H groups in total. The zero-order valence-corrected chi connectivity index (χ0v) is 14.7. The number of carbonyl (C=O) groups is 2. The topological polar surface area (TPSA) is 84.0 Å². The maximum absolute atomic E-state index is 12.8. The van der Waals surface area contributed by atoms with E-state index in [1.54, 1.807) is 12.1 Å². The van der Waals surface area contributed by atoms with E-state index in [1.165, 1.54) is 35.2 Å². The average molecular weight is 368 g/mol. The van der Waals surface area contributed by atoms with Crippen LogP contribution in [0.25, 0.3) is 0 Å². The zero-order chi connectivity index (χ0) is 17.4. The van der Waals surface area contributed by atoms with Gasteiger partial charge in [-0.2, -0.15) is 0 Å². The van der Waals surface area contributed by atoms with Crippen LogP contribution in [0.5, 0.6) is 0 Å². The van der Waals surface area contributed by atoms with Crippen molar-refractivity contribution in [2.75, 3.05) is 11.1 Å². The van der Waals surface area contributed by atoms with Gasteiger partial charge in [0.05, 0.1) is 5.75 Å². The Labute approximate surface area is 147 Å². The second kappa shape index (κ2) is 9.33. The molecule has 0 saturated carbocycles. The molecule has 9 heteroatoms. The molecule has 128 valence electrons. The summed E-state index contributed by atoms with van der Waals surface area (Å²) >= 11 is 2.48. The first-order chi connectivity index (χ1) is 11.6. The monoisotopic (exact) mass is 368 g/mol. The largest absolute Gasteiger partial charge is 0.351 e. The van der Waals surface area contributed by atoms with Crippen LogP contribution in [0.15, 0.2) is 28.6 Å². The van der Waals surface area contributed by atoms with Crippen molar-refractivity contribution >= 4 is 40.0 Å². The van der Waals surface area contributed by atoms with Crippen LogP contribution in [0.3, 0.4) is 0 Å². The van der Waals surface area contributed by atoms with E-state index >= 15 is 0 Å². The van der Waals surface area contributed by atoms with E-state index in [9.17, 15) is 14.0 Å². The lowest BCUT2D eigenvalue weighted by Crippen LogP contribution is -2.24. The van der Waals surface area contributed by atoms with Crippen molar-refractivity contribution in [2.24, 2.45) is 0 Å². The molecule has 0 saturated heterocycles. The molecule has 0 atom stereocenters. The fourth-order valence-corrected chi connectivity index (χ4v) is 3.31. The first-order valence-corrected chi connectivity index (χ1v) is 9.14. The number of anilines is 1. The molecule has 2 aromatic rings. The fraction of sp³-hybridized carbons (Fsp3) is 0.333. The smallest absolute Gasteiger partial charge is 0.230 e. The Hall–Kier alpha value is -2.00. The molecule has 24 heavy (non-hydrogen) atoms. The van der Waals surface area contributed by atoms with Gasteiger partial charge in [-0.3, -0.25) is 9.59 Å². The van der Waals surface area contributed by atoms with E-state index in [0.29, 0.717) is 22.4 Å². The van der Waals surface area contributed by atoms with Gasteiger partial charge in [0.15, 0.2) is 4.34 Å². The third kappa shape index (κ3) is 6.25. The van der Waals surface area contributed by atoms with E-state index < -0.39 is 0 Å². The van der Waals surface area contributed by atoms with Crippen molar-refractivity contribution in [3.63, 3.8) is 0 Å². The average Bonchev–Trinajstić information content (AvgIpc) is 3.00. The Kier molecular flexibility index (Phi) is 7.13. The lowest BCUT2D eigenvalue weighted by molar-refractivity contribution is -0.118. The highest BCUT2D eigenvalue weighted by atomic mass is 32.2. The predicted molar refractivity (Wildman–Crippen MR) is 92.4 cm³/mol. The summed E-state index contributed by atoms with van der Waals surface area (Å²) in [5.74, 6) is -0.365. The van der Waals surface area contributed by atoms with Gasteiger partial charge in [0.2, 0.25) is 16.9 Å². The first-order valence-electron chi connectivity index (χ1n) is 7.34. The number of rotatable bonds is 8. The molecular weight excluding hydrogens is 351 g/mol. The van der Waals surface area contributed by atoms with E-state index in [2.05, 4.69) is 20.8 Å². The highest BCUT2D eigenvalue weighted by Crippen LogP contribution is 2.25. The van der Waals surface area contributed by atoms with E-state index in [1.807, 2.05) is 6.92 Å². The molecule has 2 rings (SSSR count). The minimum Gasteiger partial charge on any atom is -0.351 e. The van der Waals surface area contributed by atoms with Crippen LogP contribution < -0.4 is 10.6 Å². The molecule has 0 fully saturated rings. The quantitative estimate of drug-likeness (QED) is 0.553. The van der Waals surface area contributed by atoms with Gasteiger partial charge < -0.3 is 10.6 Å². The lowest BCUT2D eigenvalue weighted by Gasteiger charge is -2.04. The number of halogens is 1.